The summed E-state index contributed by atoms with van der Waals surface area (Å²) >= 11 is 12.2. The van der Waals surface area contributed by atoms with Crippen molar-refractivity contribution < 1.29 is 0 Å². The SMILES string of the molecule is CN=C(NCc1cc(Cl)c(Cl)n1C)NCC1CC(C)N(Cc2ccccc2)C1.I. The van der Waals surface area contributed by atoms with Crippen molar-refractivity contribution in [1.82, 2.24) is 20.1 Å². The molecule has 0 saturated carbocycles. The summed E-state index contributed by atoms with van der Waals surface area (Å²) < 4.78 is 1.88. The van der Waals surface area contributed by atoms with Crippen LogP contribution in [0.5, 0.6) is 0 Å². The lowest BCUT2D eigenvalue weighted by Crippen LogP contribution is -2.40. The van der Waals surface area contributed by atoms with Gasteiger partial charge in [-0.3, -0.25) is 9.89 Å². The van der Waals surface area contributed by atoms with Gasteiger partial charge in [0.05, 0.1) is 11.6 Å². The van der Waals surface area contributed by atoms with Crippen molar-refractivity contribution in [3.63, 3.8) is 0 Å². The second-order valence-corrected chi connectivity index (χ2v) is 8.27. The topological polar surface area (TPSA) is 44.6 Å². The number of hydrogen-bond donors (Lipinski definition) is 2. The third-order valence-corrected chi connectivity index (χ3v) is 6.30. The van der Waals surface area contributed by atoms with Crippen molar-refractivity contribution in [3.05, 3.63) is 57.8 Å². The summed E-state index contributed by atoms with van der Waals surface area (Å²) in [4.78, 5) is 6.90. The second kappa shape index (κ2) is 11.4. The number of rotatable bonds is 6. The van der Waals surface area contributed by atoms with Gasteiger partial charge in [-0.25, -0.2) is 0 Å². The van der Waals surface area contributed by atoms with Crippen LogP contribution in [0, 0.1) is 5.92 Å². The Hall–Kier alpha value is -0.960. The van der Waals surface area contributed by atoms with Gasteiger partial charge < -0.3 is 15.2 Å². The van der Waals surface area contributed by atoms with Gasteiger partial charge in [-0.2, -0.15) is 0 Å². The Morgan fingerprint density at radius 3 is 2.55 bits per heavy atom. The number of benzene rings is 1. The molecular weight excluding hydrogens is 520 g/mol. The summed E-state index contributed by atoms with van der Waals surface area (Å²) in [7, 11) is 3.70. The Morgan fingerprint density at radius 1 is 1.21 bits per heavy atom. The minimum atomic E-state index is 0. The van der Waals surface area contributed by atoms with Gasteiger partial charge >= 0.3 is 0 Å². The molecule has 2 heterocycles. The van der Waals surface area contributed by atoms with Crippen LogP contribution in [0.3, 0.4) is 0 Å². The first-order valence-corrected chi connectivity index (χ1v) is 10.5. The van der Waals surface area contributed by atoms with Crippen LogP contribution in [0.2, 0.25) is 10.2 Å². The summed E-state index contributed by atoms with van der Waals surface area (Å²) in [6.07, 6.45) is 1.19. The first-order valence-electron chi connectivity index (χ1n) is 9.70. The molecule has 0 bridgehead atoms. The molecule has 1 aliphatic rings. The quantitative estimate of drug-likeness (QED) is 0.316. The largest absolute Gasteiger partial charge is 0.356 e. The Kier molecular flexibility index (Phi) is 9.59. The maximum atomic E-state index is 6.13. The molecule has 2 atom stereocenters. The first-order chi connectivity index (χ1) is 13.5. The maximum Gasteiger partial charge on any atom is 0.191 e. The fraction of sp³-hybridized carbons (Fsp3) is 0.476. The average Bonchev–Trinajstić information content (AvgIpc) is 3.16. The smallest absolute Gasteiger partial charge is 0.191 e. The van der Waals surface area contributed by atoms with Crippen LogP contribution in [0.1, 0.15) is 24.6 Å². The van der Waals surface area contributed by atoms with Crippen molar-refractivity contribution in [2.45, 2.75) is 32.5 Å². The van der Waals surface area contributed by atoms with E-state index in [2.05, 4.69) is 57.8 Å². The monoisotopic (exact) mass is 549 g/mol. The summed E-state index contributed by atoms with van der Waals surface area (Å²) in [6, 6.07) is 13.2. The van der Waals surface area contributed by atoms with Gasteiger partial charge in [0.25, 0.3) is 0 Å². The third-order valence-electron chi connectivity index (χ3n) is 5.45. The van der Waals surface area contributed by atoms with E-state index in [-0.39, 0.29) is 24.0 Å². The first kappa shape index (κ1) is 24.3. The van der Waals surface area contributed by atoms with E-state index in [9.17, 15) is 0 Å². The summed E-state index contributed by atoms with van der Waals surface area (Å²) in [5, 5.41) is 7.93. The van der Waals surface area contributed by atoms with Crippen LogP contribution < -0.4 is 10.6 Å². The van der Waals surface area contributed by atoms with Crippen molar-refractivity contribution in [2.75, 3.05) is 20.1 Å². The highest BCUT2D eigenvalue weighted by molar-refractivity contribution is 14.0. The number of hydrogen-bond acceptors (Lipinski definition) is 2. The molecule has 1 fully saturated rings. The van der Waals surface area contributed by atoms with E-state index < -0.39 is 0 Å². The summed E-state index contributed by atoms with van der Waals surface area (Å²) in [5.74, 6) is 1.40. The minimum Gasteiger partial charge on any atom is -0.356 e. The molecule has 0 spiro atoms. The van der Waals surface area contributed by atoms with Crippen molar-refractivity contribution in [3.8, 4) is 0 Å². The van der Waals surface area contributed by atoms with Gasteiger partial charge in [0.15, 0.2) is 5.96 Å². The van der Waals surface area contributed by atoms with Gasteiger partial charge in [-0.15, -0.1) is 24.0 Å². The lowest BCUT2D eigenvalue weighted by atomic mass is 10.1. The number of guanidine groups is 1. The molecule has 1 aromatic carbocycles. The number of halogens is 3. The Morgan fingerprint density at radius 2 is 1.93 bits per heavy atom. The number of nitrogens with one attached hydrogen (secondary N) is 2. The Labute approximate surface area is 200 Å². The molecule has 2 N–H and O–H groups in total. The molecule has 2 unspecified atom stereocenters. The lowest BCUT2D eigenvalue weighted by molar-refractivity contribution is 0.255. The second-order valence-electron chi connectivity index (χ2n) is 7.51. The predicted octanol–water partition coefficient (Wildman–Crippen LogP) is 4.53. The fourth-order valence-corrected chi connectivity index (χ4v) is 4.21. The van der Waals surface area contributed by atoms with Crippen LogP contribution in [0.25, 0.3) is 0 Å². The van der Waals surface area contributed by atoms with E-state index in [0.717, 1.165) is 31.3 Å². The molecule has 29 heavy (non-hydrogen) atoms. The zero-order chi connectivity index (χ0) is 20.1. The predicted molar refractivity (Wildman–Crippen MR) is 133 cm³/mol. The summed E-state index contributed by atoms with van der Waals surface area (Å²) in [6.45, 7) is 5.95. The van der Waals surface area contributed by atoms with Crippen LogP contribution in [-0.4, -0.2) is 41.6 Å². The lowest BCUT2D eigenvalue weighted by Gasteiger charge is -2.21. The molecule has 0 radical (unpaired) electrons. The highest BCUT2D eigenvalue weighted by atomic mass is 127. The third kappa shape index (κ3) is 6.51. The van der Waals surface area contributed by atoms with Crippen LogP contribution >= 0.6 is 47.2 Å². The molecule has 8 heteroatoms. The molecular formula is C21H30Cl2IN5. The maximum absolute atomic E-state index is 6.13. The van der Waals surface area contributed by atoms with E-state index in [0.29, 0.717) is 28.7 Å². The number of aliphatic imine (C=N–C) groups is 1. The van der Waals surface area contributed by atoms with E-state index in [1.54, 1.807) is 7.05 Å². The zero-order valence-electron chi connectivity index (χ0n) is 17.2. The molecule has 1 aliphatic heterocycles. The fourth-order valence-electron chi connectivity index (χ4n) is 3.80. The number of nitrogens with zero attached hydrogens (tertiary/aromatic N) is 3. The highest BCUT2D eigenvalue weighted by Gasteiger charge is 2.28. The van der Waals surface area contributed by atoms with E-state index in [1.165, 1.54) is 12.0 Å². The van der Waals surface area contributed by atoms with Crippen molar-refractivity contribution in [2.24, 2.45) is 18.0 Å². The molecule has 0 aliphatic carbocycles. The van der Waals surface area contributed by atoms with Crippen LogP contribution in [0.4, 0.5) is 0 Å². The Balaban J connectivity index is 0.00000300. The standard InChI is InChI=1S/C21H29Cl2N5.HI/c1-15-9-17(14-28(15)13-16-7-5-4-6-8-16)11-25-21(24-2)26-12-18-10-19(22)20(23)27(18)3;/h4-8,10,15,17H,9,11-14H2,1-3H3,(H2,24,25,26);1H. The highest BCUT2D eigenvalue weighted by Crippen LogP contribution is 2.25. The van der Waals surface area contributed by atoms with Gasteiger partial charge in [0, 0.05) is 45.5 Å². The van der Waals surface area contributed by atoms with E-state index >= 15 is 0 Å². The molecule has 1 aromatic heterocycles. The molecule has 3 rings (SSSR count). The average molecular weight is 550 g/mol. The van der Waals surface area contributed by atoms with Crippen LogP contribution in [-0.2, 0) is 20.1 Å². The van der Waals surface area contributed by atoms with Crippen LogP contribution in [0.15, 0.2) is 41.4 Å². The normalized spacial score (nSPS) is 19.8. The summed E-state index contributed by atoms with van der Waals surface area (Å²) in [5.41, 5.74) is 2.39. The Bertz CT molecular complexity index is 809. The van der Waals surface area contributed by atoms with Gasteiger partial charge in [-0.1, -0.05) is 53.5 Å². The van der Waals surface area contributed by atoms with E-state index in [4.69, 9.17) is 23.2 Å². The van der Waals surface area contributed by atoms with E-state index in [1.807, 2.05) is 17.7 Å². The van der Waals surface area contributed by atoms with Gasteiger partial charge in [-0.05, 0) is 30.9 Å². The van der Waals surface area contributed by atoms with Crippen molar-refractivity contribution in [1.29, 1.82) is 0 Å². The number of likely N-dealkylation sites (tertiary alicyclic amines) is 1. The van der Waals surface area contributed by atoms with Crippen molar-refractivity contribution >= 4 is 53.1 Å². The molecule has 5 nitrogen and oxygen atoms in total. The van der Waals surface area contributed by atoms with Gasteiger partial charge in [0.1, 0.15) is 5.15 Å². The molecule has 160 valence electrons. The minimum absolute atomic E-state index is 0. The molecule has 1 saturated heterocycles. The molecule has 2 aromatic rings. The van der Waals surface area contributed by atoms with Gasteiger partial charge in [0.2, 0.25) is 0 Å². The molecule has 0 amide bonds. The zero-order valence-corrected chi connectivity index (χ0v) is 21.0. The number of aromatic nitrogens is 1.